The number of amides is 2. The molecule has 1 heterocycles. The molecule has 158 valence electrons. The summed E-state index contributed by atoms with van der Waals surface area (Å²) in [5, 5.41) is 9.70. The molecule has 0 atom stereocenters. The highest BCUT2D eigenvalue weighted by Gasteiger charge is 2.54. The molecule has 1 fully saturated rings. The zero-order valence-electron chi connectivity index (χ0n) is 15.3. The van der Waals surface area contributed by atoms with Crippen LogP contribution in [0.3, 0.4) is 0 Å². The van der Waals surface area contributed by atoms with Gasteiger partial charge >= 0.3 is 12.7 Å². The van der Waals surface area contributed by atoms with Gasteiger partial charge in [-0.15, -0.1) is 0 Å². The van der Waals surface area contributed by atoms with Crippen LogP contribution in [-0.4, -0.2) is 64.3 Å². The first-order chi connectivity index (χ1) is 12.9. The zero-order valence-corrected chi connectivity index (χ0v) is 15.3. The third kappa shape index (κ3) is 4.26. The van der Waals surface area contributed by atoms with Gasteiger partial charge in [-0.25, -0.2) is 4.98 Å². The quantitative estimate of drug-likeness (QED) is 0.575. The van der Waals surface area contributed by atoms with Gasteiger partial charge in [0, 0.05) is 20.6 Å². The van der Waals surface area contributed by atoms with Crippen molar-refractivity contribution in [3.63, 3.8) is 0 Å². The number of carbonyl (C=O) groups excluding carboxylic acids is 2. The summed E-state index contributed by atoms with van der Waals surface area (Å²) < 4.78 is 65.1. The lowest BCUT2D eigenvalue weighted by molar-refractivity contribution is -0.272. The molecule has 0 unspecified atom stereocenters. The summed E-state index contributed by atoms with van der Waals surface area (Å²) in [6.07, 6.45) is -4.54. The number of carbonyl (C=O) groups is 2. The predicted molar refractivity (Wildman–Crippen MR) is 87.9 cm³/mol. The Morgan fingerprint density at radius 3 is 2.43 bits per heavy atom. The van der Waals surface area contributed by atoms with Gasteiger partial charge in [0.05, 0.1) is 0 Å². The van der Waals surface area contributed by atoms with Crippen LogP contribution in [0.4, 0.5) is 27.8 Å². The van der Waals surface area contributed by atoms with Gasteiger partial charge in [-0.2, -0.15) is 22.0 Å². The van der Waals surface area contributed by atoms with Crippen molar-refractivity contribution in [2.24, 2.45) is 5.92 Å². The van der Waals surface area contributed by atoms with Gasteiger partial charge < -0.3 is 14.9 Å². The van der Waals surface area contributed by atoms with Crippen molar-refractivity contribution < 1.29 is 36.6 Å². The first-order valence-corrected chi connectivity index (χ1v) is 8.49. The summed E-state index contributed by atoms with van der Waals surface area (Å²) in [5.41, 5.74) is -3.08. The van der Waals surface area contributed by atoms with Crippen LogP contribution in [0, 0.1) is 5.92 Å². The van der Waals surface area contributed by atoms with Gasteiger partial charge in [-0.3, -0.25) is 14.2 Å². The average Bonchev–Trinajstić information content (AvgIpc) is 3.06. The van der Waals surface area contributed by atoms with Crippen molar-refractivity contribution in [2.75, 3.05) is 25.5 Å². The van der Waals surface area contributed by atoms with Crippen molar-refractivity contribution in [3.05, 3.63) is 12.0 Å². The second-order valence-corrected chi connectivity index (χ2v) is 6.98. The first kappa shape index (κ1) is 22.1. The standard InChI is InChI=1S/C16H21F5N4O3/c1-23(7-10-3-5-15(28,6-4-10)16(19,20)21)13(27)11-12(24(2)9-26)25(8-22-11)14(17)18/h8-10,14,28H,3-7H2,1-2H3. The maximum Gasteiger partial charge on any atom is 0.417 e. The Bertz CT molecular complexity index is 714. The van der Waals surface area contributed by atoms with Crippen LogP contribution >= 0.6 is 0 Å². The van der Waals surface area contributed by atoms with Gasteiger partial charge in [-0.1, -0.05) is 0 Å². The Morgan fingerprint density at radius 2 is 1.96 bits per heavy atom. The monoisotopic (exact) mass is 412 g/mol. The summed E-state index contributed by atoms with van der Waals surface area (Å²) in [6.45, 7) is -2.95. The zero-order chi connectivity index (χ0) is 21.3. The van der Waals surface area contributed by atoms with Crippen molar-refractivity contribution >= 4 is 18.1 Å². The van der Waals surface area contributed by atoms with E-state index in [9.17, 15) is 36.6 Å². The van der Waals surface area contributed by atoms with Gasteiger partial charge in [0.25, 0.3) is 5.91 Å². The lowest BCUT2D eigenvalue weighted by Gasteiger charge is -2.38. The summed E-state index contributed by atoms with van der Waals surface area (Å²) >= 11 is 0. The molecular formula is C16H21F5N4O3. The molecule has 1 N–H and O–H groups in total. The Balaban J connectivity index is 2.09. The van der Waals surface area contributed by atoms with Gasteiger partial charge in [-0.05, 0) is 31.6 Å². The summed E-state index contributed by atoms with van der Waals surface area (Å²) in [7, 11) is 2.57. The molecule has 1 saturated carbocycles. The molecule has 0 spiro atoms. The smallest absolute Gasteiger partial charge is 0.380 e. The molecule has 28 heavy (non-hydrogen) atoms. The fourth-order valence-electron chi connectivity index (χ4n) is 3.32. The van der Waals surface area contributed by atoms with Crippen molar-refractivity contribution in [1.82, 2.24) is 14.5 Å². The number of nitrogens with zero attached hydrogens (tertiary/aromatic N) is 4. The highest BCUT2D eigenvalue weighted by atomic mass is 19.4. The number of anilines is 1. The molecular weight excluding hydrogens is 391 g/mol. The Hall–Kier alpha value is -2.24. The van der Waals surface area contributed by atoms with Crippen molar-refractivity contribution in [3.8, 4) is 0 Å². The molecule has 0 aliphatic heterocycles. The second kappa shape index (κ2) is 8.02. The Labute approximate surface area is 157 Å². The normalized spacial score (nSPS) is 23.0. The van der Waals surface area contributed by atoms with E-state index in [1.165, 1.54) is 19.0 Å². The molecule has 12 heteroatoms. The molecule has 7 nitrogen and oxygen atoms in total. The van der Waals surface area contributed by atoms with E-state index in [0.717, 1.165) is 11.2 Å². The van der Waals surface area contributed by atoms with Gasteiger partial charge in [0.1, 0.15) is 6.33 Å². The minimum atomic E-state index is -4.71. The molecule has 0 bridgehead atoms. The van der Waals surface area contributed by atoms with E-state index in [-0.39, 0.29) is 43.2 Å². The maximum atomic E-state index is 13.1. The number of aliphatic hydroxyl groups is 1. The minimum absolute atomic E-state index is 0.0558. The van der Waals surface area contributed by atoms with E-state index in [1.54, 1.807) is 0 Å². The predicted octanol–water partition coefficient (Wildman–Crippen LogP) is 2.43. The van der Waals surface area contributed by atoms with Gasteiger partial charge in [0.15, 0.2) is 17.1 Å². The van der Waals surface area contributed by atoms with Crippen molar-refractivity contribution in [2.45, 2.75) is 44.0 Å². The molecule has 1 aromatic rings. The third-order valence-electron chi connectivity index (χ3n) is 5.01. The topological polar surface area (TPSA) is 78.7 Å². The fraction of sp³-hybridized carbons (Fsp3) is 0.688. The van der Waals surface area contributed by atoms with Crippen LogP contribution in [0.5, 0.6) is 0 Å². The molecule has 2 rings (SSSR count). The molecule has 1 aliphatic rings. The minimum Gasteiger partial charge on any atom is -0.380 e. The molecule has 0 aromatic carbocycles. The molecule has 1 aliphatic carbocycles. The summed E-state index contributed by atoms with van der Waals surface area (Å²) in [6, 6.07) is 0. The molecule has 0 saturated heterocycles. The number of alkyl halides is 5. The van der Waals surface area contributed by atoms with E-state index >= 15 is 0 Å². The van der Waals surface area contributed by atoms with E-state index in [4.69, 9.17) is 0 Å². The molecule has 1 aromatic heterocycles. The average molecular weight is 412 g/mol. The number of halogens is 5. The fourth-order valence-corrected chi connectivity index (χ4v) is 3.32. The van der Waals surface area contributed by atoms with Crippen molar-refractivity contribution in [1.29, 1.82) is 0 Å². The number of rotatable bonds is 6. The highest BCUT2D eigenvalue weighted by molar-refractivity contribution is 5.99. The molecule has 0 radical (unpaired) electrons. The SMILES string of the molecule is CN(CC1CCC(O)(C(F)(F)F)CC1)C(=O)c1ncn(C(F)F)c1N(C)C=O. The number of imidazole rings is 1. The van der Waals surface area contributed by atoms with Crippen LogP contribution in [0.25, 0.3) is 0 Å². The van der Waals surface area contributed by atoms with Crippen LogP contribution in [-0.2, 0) is 4.79 Å². The third-order valence-corrected chi connectivity index (χ3v) is 5.01. The number of hydrogen-bond donors (Lipinski definition) is 1. The van der Waals surface area contributed by atoms with Crippen LogP contribution in [0.15, 0.2) is 6.33 Å². The number of aromatic nitrogens is 2. The first-order valence-electron chi connectivity index (χ1n) is 8.49. The number of hydrogen-bond acceptors (Lipinski definition) is 4. The van der Waals surface area contributed by atoms with E-state index in [2.05, 4.69) is 4.98 Å². The van der Waals surface area contributed by atoms with Crippen LogP contribution in [0.1, 0.15) is 42.7 Å². The molecule has 2 amide bonds. The Kier molecular flexibility index (Phi) is 6.31. The van der Waals surface area contributed by atoms with E-state index in [1.807, 2.05) is 0 Å². The Morgan fingerprint density at radius 1 is 1.39 bits per heavy atom. The van der Waals surface area contributed by atoms with E-state index in [0.29, 0.717) is 4.57 Å². The second-order valence-electron chi connectivity index (χ2n) is 6.98. The summed E-state index contributed by atoms with van der Waals surface area (Å²) in [4.78, 5) is 29.2. The van der Waals surface area contributed by atoms with Gasteiger partial charge in [0.2, 0.25) is 6.41 Å². The van der Waals surface area contributed by atoms with E-state index < -0.39 is 37.1 Å². The largest absolute Gasteiger partial charge is 0.417 e. The van der Waals surface area contributed by atoms with Crippen LogP contribution in [0.2, 0.25) is 0 Å². The summed E-state index contributed by atoms with van der Waals surface area (Å²) in [5.74, 6) is -1.40. The maximum absolute atomic E-state index is 13.1. The highest BCUT2D eigenvalue weighted by Crippen LogP contribution is 2.43. The lowest BCUT2D eigenvalue weighted by atomic mass is 9.78. The lowest BCUT2D eigenvalue weighted by Crippen LogP contribution is -2.48. The van der Waals surface area contributed by atoms with Crippen LogP contribution < -0.4 is 4.90 Å².